The largest absolute Gasteiger partial charge is 0.487 e. The van der Waals surface area contributed by atoms with Gasteiger partial charge in [-0.3, -0.25) is 4.79 Å². The lowest BCUT2D eigenvalue weighted by atomic mass is 9.82. The number of hydrogen-bond donors (Lipinski definition) is 2. The number of rotatable bonds is 7. The first-order chi connectivity index (χ1) is 13.5. The SMILES string of the molecule is Cc1cc(Cl)c(OCCOc2ccc(C3CCNC[C@H]3C(=O)O)cn2)c(Cl)c1. The maximum Gasteiger partial charge on any atom is 0.308 e. The highest BCUT2D eigenvalue weighted by Gasteiger charge is 2.31. The third-order valence-electron chi connectivity index (χ3n) is 4.71. The lowest BCUT2D eigenvalue weighted by Gasteiger charge is -2.29. The Morgan fingerprint density at radius 3 is 2.61 bits per heavy atom. The summed E-state index contributed by atoms with van der Waals surface area (Å²) in [5.41, 5.74) is 1.87. The molecule has 8 heteroatoms. The molecule has 0 aliphatic carbocycles. The van der Waals surface area contributed by atoms with Gasteiger partial charge in [0.1, 0.15) is 13.2 Å². The van der Waals surface area contributed by atoms with Crippen LogP contribution in [-0.4, -0.2) is 42.4 Å². The predicted octanol–water partition coefficient (Wildman–Crippen LogP) is 3.93. The minimum Gasteiger partial charge on any atom is -0.487 e. The number of pyridine rings is 1. The maximum atomic E-state index is 11.4. The molecular weight excluding hydrogens is 403 g/mol. The van der Waals surface area contributed by atoms with Crippen molar-refractivity contribution in [2.24, 2.45) is 5.92 Å². The molecular formula is C20H22Cl2N2O4. The molecule has 1 fully saturated rings. The number of carboxylic acid groups (broad SMARTS) is 1. The summed E-state index contributed by atoms with van der Waals surface area (Å²) in [4.78, 5) is 15.7. The Morgan fingerprint density at radius 1 is 1.25 bits per heavy atom. The van der Waals surface area contributed by atoms with E-state index in [-0.39, 0.29) is 19.1 Å². The van der Waals surface area contributed by atoms with Crippen molar-refractivity contribution in [2.45, 2.75) is 19.3 Å². The van der Waals surface area contributed by atoms with Crippen LogP contribution in [0.3, 0.4) is 0 Å². The van der Waals surface area contributed by atoms with Crippen LogP contribution < -0.4 is 14.8 Å². The van der Waals surface area contributed by atoms with Crippen molar-refractivity contribution in [3.8, 4) is 11.6 Å². The molecule has 0 amide bonds. The number of aromatic nitrogens is 1. The van der Waals surface area contributed by atoms with E-state index < -0.39 is 11.9 Å². The van der Waals surface area contributed by atoms with Crippen molar-refractivity contribution in [3.63, 3.8) is 0 Å². The van der Waals surface area contributed by atoms with Crippen LogP contribution in [0, 0.1) is 12.8 Å². The summed E-state index contributed by atoms with van der Waals surface area (Å²) in [6, 6.07) is 7.20. The highest BCUT2D eigenvalue weighted by molar-refractivity contribution is 6.37. The van der Waals surface area contributed by atoms with Gasteiger partial charge in [-0.05, 0) is 43.1 Å². The Kier molecular flexibility index (Phi) is 6.99. The minimum absolute atomic E-state index is 0.0468. The van der Waals surface area contributed by atoms with Gasteiger partial charge < -0.3 is 19.9 Å². The van der Waals surface area contributed by atoms with Crippen LogP contribution in [0.15, 0.2) is 30.5 Å². The Morgan fingerprint density at radius 2 is 1.96 bits per heavy atom. The number of nitrogens with one attached hydrogen (secondary N) is 1. The smallest absolute Gasteiger partial charge is 0.308 e. The van der Waals surface area contributed by atoms with E-state index in [4.69, 9.17) is 32.7 Å². The highest BCUT2D eigenvalue weighted by Crippen LogP contribution is 2.34. The maximum absolute atomic E-state index is 11.4. The molecule has 28 heavy (non-hydrogen) atoms. The lowest BCUT2D eigenvalue weighted by molar-refractivity contribution is -0.142. The summed E-state index contributed by atoms with van der Waals surface area (Å²) >= 11 is 12.3. The standard InChI is InChI=1S/C20H22Cl2N2O4/c1-12-8-16(21)19(17(22)9-12)28-7-6-27-18-3-2-13(10-24-18)14-4-5-23-11-15(14)20(25)26/h2-3,8-10,14-15,23H,4-7,11H2,1H3,(H,25,26)/t14?,15-/m1/s1. The Balaban J connectivity index is 1.53. The van der Waals surface area contributed by atoms with Gasteiger partial charge in [0, 0.05) is 24.7 Å². The van der Waals surface area contributed by atoms with Crippen LogP contribution in [0.4, 0.5) is 0 Å². The van der Waals surface area contributed by atoms with Gasteiger partial charge >= 0.3 is 5.97 Å². The fourth-order valence-corrected chi connectivity index (χ4v) is 4.03. The highest BCUT2D eigenvalue weighted by atomic mass is 35.5. The van der Waals surface area contributed by atoms with E-state index in [0.717, 1.165) is 24.1 Å². The second-order valence-corrected chi connectivity index (χ2v) is 7.54. The summed E-state index contributed by atoms with van der Waals surface area (Å²) in [5.74, 6) is -0.391. The monoisotopic (exact) mass is 424 g/mol. The van der Waals surface area contributed by atoms with Gasteiger partial charge in [-0.15, -0.1) is 0 Å². The predicted molar refractivity (Wildman–Crippen MR) is 108 cm³/mol. The molecule has 1 aliphatic heterocycles. The number of ether oxygens (including phenoxy) is 2. The topological polar surface area (TPSA) is 80.7 Å². The second kappa shape index (κ2) is 9.45. The third kappa shape index (κ3) is 5.07. The van der Waals surface area contributed by atoms with E-state index in [1.165, 1.54) is 0 Å². The first-order valence-electron chi connectivity index (χ1n) is 9.06. The second-order valence-electron chi connectivity index (χ2n) is 6.73. The van der Waals surface area contributed by atoms with E-state index in [1.807, 2.05) is 13.0 Å². The molecule has 2 N–H and O–H groups in total. The van der Waals surface area contributed by atoms with E-state index in [1.54, 1.807) is 24.4 Å². The number of aryl methyl sites for hydroxylation is 1. The fourth-order valence-electron chi connectivity index (χ4n) is 3.33. The first-order valence-corrected chi connectivity index (χ1v) is 9.82. The molecule has 0 spiro atoms. The zero-order chi connectivity index (χ0) is 20.1. The molecule has 2 atom stereocenters. The summed E-state index contributed by atoms with van der Waals surface area (Å²) in [6.45, 7) is 3.72. The van der Waals surface area contributed by atoms with E-state index in [9.17, 15) is 9.90 Å². The molecule has 6 nitrogen and oxygen atoms in total. The van der Waals surface area contributed by atoms with Gasteiger partial charge in [-0.2, -0.15) is 0 Å². The number of carboxylic acids is 1. The van der Waals surface area contributed by atoms with Crippen LogP contribution in [0.2, 0.25) is 10.0 Å². The number of piperidine rings is 1. The van der Waals surface area contributed by atoms with Crippen LogP contribution in [0.1, 0.15) is 23.5 Å². The number of halogens is 2. The molecule has 2 heterocycles. The summed E-state index contributed by atoms with van der Waals surface area (Å²) < 4.78 is 11.2. The molecule has 1 aromatic carbocycles. The normalized spacial score (nSPS) is 19.2. The molecule has 1 unspecified atom stereocenters. The minimum atomic E-state index is -0.789. The summed E-state index contributed by atoms with van der Waals surface area (Å²) in [7, 11) is 0. The van der Waals surface area contributed by atoms with Gasteiger partial charge in [0.2, 0.25) is 5.88 Å². The molecule has 1 aliphatic rings. The molecule has 0 bridgehead atoms. The third-order valence-corrected chi connectivity index (χ3v) is 5.27. The fraction of sp³-hybridized carbons (Fsp3) is 0.400. The summed E-state index contributed by atoms with van der Waals surface area (Å²) in [5, 5.41) is 13.4. The van der Waals surface area contributed by atoms with E-state index in [0.29, 0.717) is 28.2 Å². The van der Waals surface area contributed by atoms with Gasteiger partial charge in [0.25, 0.3) is 0 Å². The van der Waals surface area contributed by atoms with E-state index >= 15 is 0 Å². The average molecular weight is 425 g/mol. The molecule has 3 rings (SSSR count). The first kappa shape index (κ1) is 20.7. The van der Waals surface area contributed by atoms with Gasteiger partial charge in [0.15, 0.2) is 5.75 Å². The number of benzene rings is 1. The van der Waals surface area contributed by atoms with Crippen LogP contribution >= 0.6 is 23.2 Å². The molecule has 150 valence electrons. The average Bonchev–Trinajstić information content (AvgIpc) is 2.67. The van der Waals surface area contributed by atoms with Crippen LogP contribution in [0.5, 0.6) is 11.6 Å². The molecule has 0 radical (unpaired) electrons. The molecule has 0 saturated carbocycles. The molecule has 2 aromatic rings. The van der Waals surface area contributed by atoms with Gasteiger partial charge in [0.05, 0.1) is 16.0 Å². The summed E-state index contributed by atoms with van der Waals surface area (Å²) in [6.07, 6.45) is 2.46. The molecule has 1 saturated heterocycles. The zero-order valence-corrected chi connectivity index (χ0v) is 17.0. The van der Waals surface area contributed by atoms with Crippen molar-refractivity contribution in [3.05, 3.63) is 51.6 Å². The number of carbonyl (C=O) groups is 1. The van der Waals surface area contributed by atoms with Crippen molar-refractivity contribution in [1.82, 2.24) is 10.3 Å². The van der Waals surface area contributed by atoms with Gasteiger partial charge in [-0.25, -0.2) is 4.98 Å². The Hall–Kier alpha value is -2.02. The number of nitrogens with zero attached hydrogens (tertiary/aromatic N) is 1. The van der Waals surface area contributed by atoms with Crippen molar-refractivity contribution in [2.75, 3.05) is 26.3 Å². The van der Waals surface area contributed by atoms with Crippen molar-refractivity contribution in [1.29, 1.82) is 0 Å². The quantitative estimate of drug-likeness (QED) is 0.655. The Labute approximate surface area is 173 Å². The number of hydrogen-bond acceptors (Lipinski definition) is 5. The lowest BCUT2D eigenvalue weighted by Crippen LogP contribution is -2.39. The number of aliphatic carboxylic acids is 1. The van der Waals surface area contributed by atoms with Crippen molar-refractivity contribution < 1.29 is 19.4 Å². The van der Waals surface area contributed by atoms with Crippen molar-refractivity contribution >= 4 is 29.2 Å². The van der Waals surface area contributed by atoms with Crippen LogP contribution in [-0.2, 0) is 4.79 Å². The Bertz CT molecular complexity index is 806. The molecule has 1 aromatic heterocycles. The van der Waals surface area contributed by atoms with E-state index in [2.05, 4.69) is 10.3 Å². The van der Waals surface area contributed by atoms with Crippen LogP contribution in [0.25, 0.3) is 0 Å². The zero-order valence-electron chi connectivity index (χ0n) is 15.5. The van der Waals surface area contributed by atoms with Gasteiger partial charge in [-0.1, -0.05) is 29.3 Å².